The molecule has 1 atom stereocenters. The maximum absolute atomic E-state index is 11.6. The zero-order valence-electron chi connectivity index (χ0n) is 11.1. The molecule has 1 saturated carbocycles. The first kappa shape index (κ1) is 12.5. The number of rotatable bonds is 5. The minimum absolute atomic E-state index is 0.172. The van der Waals surface area contributed by atoms with Crippen molar-refractivity contribution in [3.8, 4) is 0 Å². The maximum atomic E-state index is 11.6. The zero-order valence-corrected chi connectivity index (χ0v) is 11.1. The number of hydrogen-bond donors (Lipinski definition) is 3. The topological polar surface area (TPSA) is 67.1 Å². The van der Waals surface area contributed by atoms with Crippen LogP contribution in [0.3, 0.4) is 0 Å². The molecule has 0 bridgehead atoms. The van der Waals surface area contributed by atoms with E-state index in [0.29, 0.717) is 18.5 Å². The van der Waals surface area contributed by atoms with Crippen molar-refractivity contribution in [1.29, 1.82) is 0 Å². The molecular formula is C15H21N3O. The second-order valence-corrected chi connectivity index (χ2v) is 5.60. The van der Waals surface area contributed by atoms with Crippen molar-refractivity contribution in [2.24, 2.45) is 0 Å². The van der Waals surface area contributed by atoms with Gasteiger partial charge in [0.1, 0.15) is 0 Å². The van der Waals surface area contributed by atoms with Crippen molar-refractivity contribution < 1.29 is 4.79 Å². The lowest BCUT2D eigenvalue weighted by Crippen LogP contribution is -2.30. The Labute approximate surface area is 113 Å². The van der Waals surface area contributed by atoms with Crippen molar-refractivity contribution in [2.45, 2.75) is 44.2 Å². The van der Waals surface area contributed by atoms with Gasteiger partial charge in [-0.15, -0.1) is 0 Å². The molecule has 4 heteroatoms. The number of nitrogen functional groups attached to an aromatic ring is 1. The number of fused-ring (bicyclic) bond motifs is 1. The highest BCUT2D eigenvalue weighted by Crippen LogP contribution is 2.32. The predicted molar refractivity (Wildman–Crippen MR) is 75.7 cm³/mol. The number of benzene rings is 1. The fraction of sp³-hybridized carbons (Fsp3) is 0.533. The van der Waals surface area contributed by atoms with E-state index in [9.17, 15) is 4.79 Å². The number of carbonyl (C=O) groups is 1. The lowest BCUT2D eigenvalue weighted by molar-refractivity contribution is -0.121. The van der Waals surface area contributed by atoms with Gasteiger partial charge in [0.15, 0.2) is 0 Å². The van der Waals surface area contributed by atoms with E-state index in [1.54, 1.807) is 0 Å². The molecule has 1 aromatic carbocycles. The number of nitrogens with one attached hydrogen (secondary N) is 2. The van der Waals surface area contributed by atoms with E-state index in [2.05, 4.69) is 22.8 Å². The van der Waals surface area contributed by atoms with Crippen LogP contribution in [0.1, 0.15) is 42.9 Å². The molecule has 19 heavy (non-hydrogen) atoms. The fourth-order valence-corrected chi connectivity index (χ4v) is 2.74. The third kappa shape index (κ3) is 3.07. The Kier molecular flexibility index (Phi) is 3.42. The van der Waals surface area contributed by atoms with Crippen LogP contribution in [-0.2, 0) is 11.2 Å². The molecule has 1 aromatic rings. The molecule has 0 radical (unpaired) electrons. The molecule has 1 fully saturated rings. The molecule has 2 aliphatic carbocycles. The normalized spacial score (nSPS) is 21.2. The third-order valence-corrected chi connectivity index (χ3v) is 3.93. The average molecular weight is 259 g/mol. The van der Waals surface area contributed by atoms with Crippen LogP contribution in [0.5, 0.6) is 0 Å². The molecule has 4 N–H and O–H groups in total. The predicted octanol–water partition coefficient (Wildman–Crippen LogP) is 1.51. The van der Waals surface area contributed by atoms with E-state index in [0.717, 1.165) is 37.9 Å². The lowest BCUT2D eigenvalue weighted by Gasteiger charge is -2.14. The SMILES string of the molecule is Nc1ccc2c(c1)CCC2NCCC(=O)NC1CC1. The van der Waals surface area contributed by atoms with Gasteiger partial charge in [0, 0.05) is 30.7 Å². The minimum Gasteiger partial charge on any atom is -0.399 e. The summed E-state index contributed by atoms with van der Waals surface area (Å²) in [4.78, 5) is 11.6. The van der Waals surface area contributed by atoms with Gasteiger partial charge in [-0.1, -0.05) is 6.07 Å². The molecule has 1 unspecified atom stereocenters. The quantitative estimate of drug-likeness (QED) is 0.702. The Morgan fingerprint density at radius 2 is 2.16 bits per heavy atom. The summed E-state index contributed by atoms with van der Waals surface area (Å²) in [5.41, 5.74) is 9.32. The van der Waals surface area contributed by atoms with Crippen LogP contribution in [0, 0.1) is 0 Å². The van der Waals surface area contributed by atoms with Crippen LogP contribution >= 0.6 is 0 Å². The van der Waals surface area contributed by atoms with Crippen molar-refractivity contribution >= 4 is 11.6 Å². The largest absolute Gasteiger partial charge is 0.399 e. The number of hydrogen-bond acceptors (Lipinski definition) is 3. The van der Waals surface area contributed by atoms with Crippen LogP contribution in [0.25, 0.3) is 0 Å². The summed E-state index contributed by atoms with van der Waals surface area (Å²) in [6.07, 6.45) is 5.04. The monoisotopic (exact) mass is 259 g/mol. The van der Waals surface area contributed by atoms with Crippen LogP contribution in [0.4, 0.5) is 5.69 Å². The van der Waals surface area contributed by atoms with Crippen molar-refractivity contribution in [3.63, 3.8) is 0 Å². The maximum Gasteiger partial charge on any atom is 0.221 e. The Hall–Kier alpha value is -1.55. The number of aryl methyl sites for hydroxylation is 1. The second kappa shape index (κ2) is 5.21. The van der Waals surface area contributed by atoms with Crippen LogP contribution < -0.4 is 16.4 Å². The van der Waals surface area contributed by atoms with Gasteiger partial charge in [-0.25, -0.2) is 0 Å². The van der Waals surface area contributed by atoms with Crippen molar-refractivity contribution in [1.82, 2.24) is 10.6 Å². The van der Waals surface area contributed by atoms with Gasteiger partial charge in [-0.05, 0) is 48.9 Å². The summed E-state index contributed by atoms with van der Waals surface area (Å²) >= 11 is 0. The van der Waals surface area contributed by atoms with Gasteiger partial charge in [0.05, 0.1) is 0 Å². The second-order valence-electron chi connectivity index (χ2n) is 5.60. The standard InChI is InChI=1S/C15H21N3O/c16-11-2-5-13-10(9-11)1-6-14(13)17-8-7-15(19)18-12-3-4-12/h2,5,9,12,14,17H,1,3-4,6-8,16H2,(H,18,19). The number of carbonyl (C=O) groups excluding carboxylic acids is 1. The van der Waals surface area contributed by atoms with E-state index in [1.165, 1.54) is 11.1 Å². The highest BCUT2D eigenvalue weighted by atomic mass is 16.1. The molecule has 1 amide bonds. The number of anilines is 1. The van der Waals surface area contributed by atoms with Gasteiger partial charge in [-0.3, -0.25) is 4.79 Å². The van der Waals surface area contributed by atoms with E-state index < -0.39 is 0 Å². The number of nitrogens with two attached hydrogens (primary N) is 1. The highest BCUT2D eigenvalue weighted by molar-refractivity contribution is 5.76. The van der Waals surface area contributed by atoms with Gasteiger partial charge >= 0.3 is 0 Å². The number of amides is 1. The summed E-state index contributed by atoms with van der Waals surface area (Å²) in [5, 5.41) is 6.49. The van der Waals surface area contributed by atoms with E-state index in [-0.39, 0.29) is 5.91 Å². The molecule has 0 aromatic heterocycles. The molecule has 4 nitrogen and oxygen atoms in total. The minimum atomic E-state index is 0.172. The smallest absolute Gasteiger partial charge is 0.221 e. The summed E-state index contributed by atoms with van der Waals surface area (Å²) in [6.45, 7) is 0.743. The first-order chi connectivity index (χ1) is 9.22. The van der Waals surface area contributed by atoms with Crippen LogP contribution in [-0.4, -0.2) is 18.5 Å². The highest BCUT2D eigenvalue weighted by Gasteiger charge is 2.24. The fourth-order valence-electron chi connectivity index (χ4n) is 2.74. The van der Waals surface area contributed by atoms with E-state index >= 15 is 0 Å². The summed E-state index contributed by atoms with van der Waals surface area (Å²) < 4.78 is 0. The Morgan fingerprint density at radius 3 is 2.95 bits per heavy atom. The zero-order chi connectivity index (χ0) is 13.2. The van der Waals surface area contributed by atoms with Crippen LogP contribution in [0.2, 0.25) is 0 Å². The molecule has 2 aliphatic rings. The van der Waals surface area contributed by atoms with Gasteiger partial charge < -0.3 is 16.4 Å². The average Bonchev–Trinajstić information content (AvgIpc) is 3.10. The summed E-state index contributed by atoms with van der Waals surface area (Å²) in [5.74, 6) is 0.172. The first-order valence-corrected chi connectivity index (χ1v) is 7.13. The first-order valence-electron chi connectivity index (χ1n) is 7.13. The molecular weight excluding hydrogens is 238 g/mol. The summed E-state index contributed by atoms with van der Waals surface area (Å²) in [6, 6.07) is 6.97. The van der Waals surface area contributed by atoms with E-state index in [1.807, 2.05) is 6.07 Å². The van der Waals surface area contributed by atoms with Gasteiger partial charge in [0.2, 0.25) is 5.91 Å². The molecule has 0 aliphatic heterocycles. The lowest BCUT2D eigenvalue weighted by atomic mass is 10.1. The molecule has 0 heterocycles. The molecule has 102 valence electrons. The third-order valence-electron chi connectivity index (χ3n) is 3.93. The molecule has 0 saturated heterocycles. The van der Waals surface area contributed by atoms with E-state index in [4.69, 9.17) is 5.73 Å². The van der Waals surface area contributed by atoms with Crippen molar-refractivity contribution in [3.05, 3.63) is 29.3 Å². The Balaban J connectivity index is 1.48. The Morgan fingerprint density at radius 1 is 1.32 bits per heavy atom. The van der Waals surface area contributed by atoms with Gasteiger partial charge in [0.25, 0.3) is 0 Å². The Bertz CT molecular complexity index is 482. The summed E-state index contributed by atoms with van der Waals surface area (Å²) in [7, 11) is 0. The van der Waals surface area contributed by atoms with Gasteiger partial charge in [-0.2, -0.15) is 0 Å². The van der Waals surface area contributed by atoms with Crippen LogP contribution in [0.15, 0.2) is 18.2 Å². The molecule has 3 rings (SSSR count). The van der Waals surface area contributed by atoms with Crippen molar-refractivity contribution in [2.75, 3.05) is 12.3 Å². The molecule has 0 spiro atoms.